The lowest BCUT2D eigenvalue weighted by Crippen LogP contribution is -1.96. The number of rotatable bonds is 6. The zero-order valence-electron chi connectivity index (χ0n) is 8.53. The van der Waals surface area contributed by atoms with Gasteiger partial charge in [-0.2, -0.15) is 0 Å². The Balaban J connectivity index is 2.64. The van der Waals surface area contributed by atoms with E-state index in [0.29, 0.717) is 13.1 Å². The third kappa shape index (κ3) is 3.21. The lowest BCUT2D eigenvalue weighted by molar-refractivity contribution is -0.129. The first kappa shape index (κ1) is 10.8. The monoisotopic (exact) mass is 192 g/mol. The Labute approximate surface area is 84.9 Å². The molecule has 0 aliphatic carbocycles. The molecular formula is C12H16O2. The molecule has 0 bridgehead atoms. The Morgan fingerprint density at radius 1 is 1.29 bits per heavy atom. The minimum absolute atomic E-state index is 0.392. The van der Waals surface area contributed by atoms with E-state index in [1.807, 2.05) is 18.2 Å². The van der Waals surface area contributed by atoms with Crippen molar-refractivity contribution in [2.45, 2.75) is 32.8 Å². The zero-order valence-corrected chi connectivity index (χ0v) is 8.53. The highest BCUT2D eigenvalue weighted by molar-refractivity contribution is 5.38. The molecule has 0 aliphatic rings. The lowest BCUT2D eigenvalue weighted by atomic mass is 10.0. The first-order valence-corrected chi connectivity index (χ1v) is 5.00. The molecule has 2 heteroatoms. The Hall–Kier alpha value is -1.31. The summed E-state index contributed by atoms with van der Waals surface area (Å²) >= 11 is 0. The zero-order chi connectivity index (χ0) is 10.2. The molecule has 1 aromatic carbocycles. The summed E-state index contributed by atoms with van der Waals surface area (Å²) in [6, 6.07) is 8.10. The van der Waals surface area contributed by atoms with Gasteiger partial charge in [-0.1, -0.05) is 37.6 Å². The van der Waals surface area contributed by atoms with Gasteiger partial charge in [-0.05, 0) is 24.0 Å². The van der Waals surface area contributed by atoms with Gasteiger partial charge in [0.25, 0.3) is 6.47 Å². The van der Waals surface area contributed by atoms with Crippen LogP contribution in [0.4, 0.5) is 0 Å². The Kier molecular flexibility index (Phi) is 4.76. The van der Waals surface area contributed by atoms with Gasteiger partial charge >= 0.3 is 0 Å². The van der Waals surface area contributed by atoms with Gasteiger partial charge in [-0.25, -0.2) is 0 Å². The predicted octanol–water partition coefficient (Wildman–Crippen LogP) is 2.70. The van der Waals surface area contributed by atoms with E-state index < -0.39 is 0 Å². The van der Waals surface area contributed by atoms with Gasteiger partial charge in [0.15, 0.2) is 0 Å². The Morgan fingerprint density at radius 3 is 2.64 bits per heavy atom. The fraction of sp³-hybridized carbons (Fsp3) is 0.417. The van der Waals surface area contributed by atoms with E-state index in [4.69, 9.17) is 4.74 Å². The summed E-state index contributed by atoms with van der Waals surface area (Å²) in [6.07, 6.45) is 3.43. The molecule has 0 atom stereocenters. The topological polar surface area (TPSA) is 26.3 Å². The second-order valence-electron chi connectivity index (χ2n) is 3.28. The van der Waals surface area contributed by atoms with Crippen LogP contribution in [0.1, 0.15) is 30.9 Å². The molecule has 0 heterocycles. The SMILES string of the molecule is CCCCc1ccccc1COC=O. The summed E-state index contributed by atoms with van der Waals surface area (Å²) in [5.74, 6) is 0. The van der Waals surface area contributed by atoms with Crippen molar-refractivity contribution in [3.05, 3.63) is 35.4 Å². The maximum Gasteiger partial charge on any atom is 0.293 e. The molecule has 0 unspecified atom stereocenters. The van der Waals surface area contributed by atoms with Crippen LogP contribution in [0, 0.1) is 0 Å². The Morgan fingerprint density at radius 2 is 2.00 bits per heavy atom. The van der Waals surface area contributed by atoms with Crippen LogP contribution in [0.5, 0.6) is 0 Å². The van der Waals surface area contributed by atoms with Crippen LogP contribution in [-0.4, -0.2) is 6.47 Å². The molecule has 0 saturated carbocycles. The van der Waals surface area contributed by atoms with Crippen molar-refractivity contribution < 1.29 is 9.53 Å². The third-order valence-electron chi connectivity index (χ3n) is 2.22. The number of hydrogen-bond acceptors (Lipinski definition) is 2. The average molecular weight is 192 g/mol. The van der Waals surface area contributed by atoms with Crippen LogP contribution in [0.2, 0.25) is 0 Å². The van der Waals surface area contributed by atoms with E-state index >= 15 is 0 Å². The van der Waals surface area contributed by atoms with E-state index in [1.54, 1.807) is 0 Å². The molecular weight excluding hydrogens is 176 g/mol. The summed E-state index contributed by atoms with van der Waals surface area (Å²) in [5, 5.41) is 0. The molecule has 0 saturated heterocycles. The number of unbranched alkanes of at least 4 members (excludes halogenated alkanes) is 1. The highest BCUT2D eigenvalue weighted by Crippen LogP contribution is 2.12. The summed E-state index contributed by atoms with van der Waals surface area (Å²) in [6.45, 7) is 3.06. The van der Waals surface area contributed by atoms with E-state index in [1.165, 1.54) is 18.4 Å². The first-order valence-electron chi connectivity index (χ1n) is 5.00. The van der Waals surface area contributed by atoms with Crippen LogP contribution < -0.4 is 0 Å². The largest absolute Gasteiger partial charge is 0.463 e. The fourth-order valence-corrected chi connectivity index (χ4v) is 1.43. The summed E-state index contributed by atoms with van der Waals surface area (Å²) in [7, 11) is 0. The predicted molar refractivity (Wildman–Crippen MR) is 55.9 cm³/mol. The Bertz CT molecular complexity index is 281. The second-order valence-corrected chi connectivity index (χ2v) is 3.28. The molecule has 76 valence electrons. The summed E-state index contributed by atoms with van der Waals surface area (Å²) in [5.41, 5.74) is 2.41. The second kappa shape index (κ2) is 6.19. The normalized spacial score (nSPS) is 9.79. The van der Waals surface area contributed by atoms with Crippen LogP contribution in [-0.2, 0) is 22.6 Å². The van der Waals surface area contributed by atoms with Crippen LogP contribution in [0.15, 0.2) is 24.3 Å². The molecule has 0 aromatic heterocycles. The smallest absolute Gasteiger partial charge is 0.293 e. The average Bonchev–Trinajstić information content (AvgIpc) is 2.24. The lowest BCUT2D eigenvalue weighted by Gasteiger charge is -2.07. The highest BCUT2D eigenvalue weighted by Gasteiger charge is 2.00. The van der Waals surface area contributed by atoms with Crippen molar-refractivity contribution in [3.8, 4) is 0 Å². The number of carbonyl (C=O) groups is 1. The summed E-state index contributed by atoms with van der Waals surface area (Å²) in [4.78, 5) is 10.1. The maximum atomic E-state index is 10.1. The van der Waals surface area contributed by atoms with E-state index in [0.717, 1.165) is 12.0 Å². The van der Waals surface area contributed by atoms with E-state index in [9.17, 15) is 4.79 Å². The van der Waals surface area contributed by atoms with E-state index in [-0.39, 0.29) is 0 Å². The van der Waals surface area contributed by atoms with Gasteiger partial charge in [0.2, 0.25) is 0 Å². The van der Waals surface area contributed by atoms with Crippen LogP contribution in [0.25, 0.3) is 0 Å². The number of benzene rings is 1. The van der Waals surface area contributed by atoms with Crippen molar-refractivity contribution >= 4 is 6.47 Å². The molecule has 0 spiro atoms. The number of hydrogen-bond donors (Lipinski definition) is 0. The first-order chi connectivity index (χ1) is 6.88. The van der Waals surface area contributed by atoms with Crippen LogP contribution >= 0.6 is 0 Å². The standard InChI is InChI=1S/C12H16O2/c1-2-3-6-11-7-4-5-8-12(11)9-14-10-13/h4-5,7-8,10H,2-3,6,9H2,1H3. The van der Waals surface area contributed by atoms with Gasteiger partial charge in [0.05, 0.1) is 0 Å². The molecule has 0 amide bonds. The third-order valence-corrected chi connectivity index (χ3v) is 2.22. The molecule has 0 aliphatic heterocycles. The van der Waals surface area contributed by atoms with Crippen molar-refractivity contribution in [3.63, 3.8) is 0 Å². The maximum absolute atomic E-state index is 10.1. The summed E-state index contributed by atoms with van der Waals surface area (Å²) < 4.78 is 4.76. The molecule has 1 aromatic rings. The molecule has 14 heavy (non-hydrogen) atoms. The van der Waals surface area contributed by atoms with Crippen molar-refractivity contribution in [2.24, 2.45) is 0 Å². The highest BCUT2D eigenvalue weighted by atomic mass is 16.5. The van der Waals surface area contributed by atoms with Crippen molar-refractivity contribution in [2.75, 3.05) is 0 Å². The molecule has 0 radical (unpaired) electrons. The van der Waals surface area contributed by atoms with Gasteiger partial charge < -0.3 is 4.74 Å². The number of ether oxygens (including phenoxy) is 1. The van der Waals surface area contributed by atoms with E-state index in [2.05, 4.69) is 13.0 Å². The molecule has 0 fully saturated rings. The van der Waals surface area contributed by atoms with Gasteiger partial charge in [0, 0.05) is 0 Å². The molecule has 1 rings (SSSR count). The quantitative estimate of drug-likeness (QED) is 0.648. The molecule has 0 N–H and O–H groups in total. The van der Waals surface area contributed by atoms with Gasteiger partial charge in [-0.15, -0.1) is 0 Å². The van der Waals surface area contributed by atoms with Gasteiger partial charge in [-0.3, -0.25) is 4.79 Å². The fourth-order valence-electron chi connectivity index (χ4n) is 1.43. The number of carbonyl (C=O) groups excluding carboxylic acids is 1. The minimum atomic E-state index is 0.392. The van der Waals surface area contributed by atoms with Crippen molar-refractivity contribution in [1.82, 2.24) is 0 Å². The minimum Gasteiger partial charge on any atom is -0.463 e. The van der Waals surface area contributed by atoms with Crippen molar-refractivity contribution in [1.29, 1.82) is 0 Å². The molecule has 2 nitrogen and oxygen atoms in total. The number of aryl methyl sites for hydroxylation is 1. The van der Waals surface area contributed by atoms with Crippen LogP contribution in [0.3, 0.4) is 0 Å². The van der Waals surface area contributed by atoms with Gasteiger partial charge in [0.1, 0.15) is 6.61 Å².